The predicted molar refractivity (Wildman–Crippen MR) is 234 cm³/mol. The van der Waals surface area contributed by atoms with Gasteiger partial charge in [0, 0.05) is 16.3 Å². The second kappa shape index (κ2) is 11.9. The topological polar surface area (TPSA) is 13.1 Å². The highest BCUT2D eigenvalue weighted by molar-refractivity contribution is 6.24. The molecule has 0 unspecified atom stereocenters. The van der Waals surface area contributed by atoms with Crippen LogP contribution < -0.4 is 0 Å². The van der Waals surface area contributed by atoms with Crippen LogP contribution in [-0.2, 0) is 5.41 Å². The molecule has 0 fully saturated rings. The van der Waals surface area contributed by atoms with E-state index in [-0.39, 0.29) is 0 Å². The van der Waals surface area contributed by atoms with Gasteiger partial charge in [-0.1, -0.05) is 188 Å². The van der Waals surface area contributed by atoms with Crippen molar-refractivity contribution in [3.8, 4) is 33.4 Å². The Morgan fingerprint density at radius 3 is 1.52 bits per heavy atom. The average molecular weight is 711 g/mol. The lowest BCUT2D eigenvalue weighted by Crippen LogP contribution is -2.28. The smallest absolute Gasteiger partial charge is 0.143 e. The minimum absolute atomic E-state index is 0.465. The van der Waals surface area contributed by atoms with E-state index in [1.165, 1.54) is 87.6 Å². The molecule has 1 aliphatic carbocycles. The Bertz CT molecular complexity index is 3240. The van der Waals surface area contributed by atoms with E-state index < -0.39 is 5.41 Å². The molecule has 0 N–H and O–H groups in total. The lowest BCUT2D eigenvalue weighted by Gasteiger charge is -2.34. The Balaban J connectivity index is 1.17. The molecule has 1 aliphatic rings. The van der Waals surface area contributed by atoms with Crippen LogP contribution in [0.2, 0.25) is 0 Å². The second-order valence-electron chi connectivity index (χ2n) is 15.1. The Kier molecular flexibility index (Phi) is 6.62. The molecule has 0 spiro atoms. The van der Waals surface area contributed by atoms with Gasteiger partial charge in [0.05, 0.1) is 5.41 Å². The Labute approximate surface area is 324 Å². The first-order valence-corrected chi connectivity index (χ1v) is 19.4. The van der Waals surface area contributed by atoms with Gasteiger partial charge in [-0.3, -0.25) is 0 Å². The van der Waals surface area contributed by atoms with Crippen LogP contribution >= 0.6 is 0 Å². The summed E-state index contributed by atoms with van der Waals surface area (Å²) in [5.41, 5.74) is 13.7. The molecular weight excluding hydrogens is 677 g/mol. The van der Waals surface area contributed by atoms with Crippen molar-refractivity contribution in [3.05, 3.63) is 229 Å². The molecule has 1 aromatic heterocycles. The number of hydrogen-bond donors (Lipinski definition) is 0. The minimum atomic E-state index is -0.465. The molecule has 0 aliphatic heterocycles. The monoisotopic (exact) mass is 710 g/mol. The van der Waals surface area contributed by atoms with Gasteiger partial charge in [0.1, 0.15) is 11.2 Å². The fourth-order valence-electron chi connectivity index (χ4n) is 10.1. The van der Waals surface area contributed by atoms with Crippen molar-refractivity contribution in [2.75, 3.05) is 0 Å². The van der Waals surface area contributed by atoms with E-state index in [4.69, 9.17) is 4.42 Å². The van der Waals surface area contributed by atoms with Crippen LogP contribution in [0.5, 0.6) is 0 Å². The summed E-state index contributed by atoms with van der Waals surface area (Å²) in [5.74, 6) is 0. The van der Waals surface area contributed by atoms with Crippen LogP contribution in [-0.4, -0.2) is 0 Å². The molecule has 1 heterocycles. The molecular formula is C55H34O. The van der Waals surface area contributed by atoms with E-state index in [0.717, 1.165) is 22.3 Å². The van der Waals surface area contributed by atoms with E-state index in [0.29, 0.717) is 0 Å². The highest BCUT2D eigenvalue weighted by Crippen LogP contribution is 2.58. The highest BCUT2D eigenvalue weighted by Gasteiger charge is 2.46. The van der Waals surface area contributed by atoms with Crippen molar-refractivity contribution in [3.63, 3.8) is 0 Å². The molecule has 11 aromatic rings. The van der Waals surface area contributed by atoms with Crippen molar-refractivity contribution in [2.24, 2.45) is 0 Å². The Morgan fingerprint density at radius 1 is 0.339 bits per heavy atom. The third-order valence-electron chi connectivity index (χ3n) is 12.3. The van der Waals surface area contributed by atoms with Crippen LogP contribution in [0.1, 0.15) is 22.3 Å². The Hall–Kier alpha value is -7.22. The summed E-state index contributed by atoms with van der Waals surface area (Å²) in [5, 5.41) is 9.84. The molecule has 1 heteroatoms. The normalized spacial score (nSPS) is 13.1. The molecule has 260 valence electrons. The first kappa shape index (κ1) is 31.2. The van der Waals surface area contributed by atoms with E-state index in [1.807, 2.05) is 0 Å². The molecule has 56 heavy (non-hydrogen) atoms. The van der Waals surface area contributed by atoms with Crippen molar-refractivity contribution in [1.82, 2.24) is 0 Å². The van der Waals surface area contributed by atoms with Crippen LogP contribution in [0.4, 0.5) is 0 Å². The van der Waals surface area contributed by atoms with E-state index in [2.05, 4.69) is 206 Å². The molecule has 0 bridgehead atoms. The summed E-state index contributed by atoms with van der Waals surface area (Å²) in [6, 6.07) is 75.6. The maximum Gasteiger partial charge on any atom is 0.143 e. The quantitative estimate of drug-likeness (QED) is 0.162. The van der Waals surface area contributed by atoms with Crippen molar-refractivity contribution >= 4 is 54.3 Å². The van der Waals surface area contributed by atoms with Gasteiger partial charge in [-0.15, -0.1) is 0 Å². The lowest BCUT2D eigenvalue weighted by molar-refractivity contribution is 0.664. The number of fused-ring (bicyclic) bond motifs is 3. The maximum absolute atomic E-state index is 6.99. The molecule has 1 nitrogen and oxygen atoms in total. The number of benzene rings is 10. The summed E-state index contributed by atoms with van der Waals surface area (Å²) in [7, 11) is 0. The van der Waals surface area contributed by atoms with Crippen molar-refractivity contribution in [2.45, 2.75) is 5.41 Å². The van der Waals surface area contributed by atoms with Gasteiger partial charge >= 0.3 is 0 Å². The summed E-state index contributed by atoms with van der Waals surface area (Å²) < 4.78 is 6.99. The largest absolute Gasteiger partial charge is 0.455 e. The van der Waals surface area contributed by atoms with Gasteiger partial charge in [0.15, 0.2) is 0 Å². The van der Waals surface area contributed by atoms with Crippen LogP contribution in [0.25, 0.3) is 87.6 Å². The highest BCUT2D eigenvalue weighted by atomic mass is 16.3. The molecule has 12 rings (SSSR count). The van der Waals surface area contributed by atoms with Crippen LogP contribution in [0.3, 0.4) is 0 Å². The van der Waals surface area contributed by atoms with Gasteiger partial charge in [-0.2, -0.15) is 0 Å². The SMILES string of the molecule is c1ccc(-c2c3ccccc3c(-c3cc(-c4ccc5c6c4oc4cccc(c46)C5(c4ccccc4)c4ccccc4)cc4ccccc34)c3ccccc23)cc1. The predicted octanol–water partition coefficient (Wildman–Crippen LogP) is 14.7. The van der Waals surface area contributed by atoms with Crippen molar-refractivity contribution < 1.29 is 4.42 Å². The molecule has 0 saturated heterocycles. The van der Waals surface area contributed by atoms with E-state index >= 15 is 0 Å². The van der Waals surface area contributed by atoms with E-state index in [1.54, 1.807) is 0 Å². The molecule has 0 radical (unpaired) electrons. The van der Waals surface area contributed by atoms with E-state index in [9.17, 15) is 0 Å². The number of hydrogen-bond acceptors (Lipinski definition) is 1. The molecule has 10 aromatic carbocycles. The van der Waals surface area contributed by atoms with Gasteiger partial charge in [0.2, 0.25) is 0 Å². The summed E-state index contributed by atoms with van der Waals surface area (Å²) in [6.45, 7) is 0. The van der Waals surface area contributed by atoms with Crippen molar-refractivity contribution in [1.29, 1.82) is 0 Å². The first-order valence-electron chi connectivity index (χ1n) is 19.4. The zero-order valence-electron chi connectivity index (χ0n) is 30.5. The summed E-state index contributed by atoms with van der Waals surface area (Å²) >= 11 is 0. The summed E-state index contributed by atoms with van der Waals surface area (Å²) in [4.78, 5) is 0. The average Bonchev–Trinajstić information content (AvgIpc) is 3.82. The molecule has 0 atom stereocenters. The third-order valence-corrected chi connectivity index (χ3v) is 12.3. The standard InChI is InChI=1S/C55H34O/c1-4-17-35(18-5-1)50-42-25-12-14-27-44(42)51(45-28-15-13-26-43(45)50)46-34-37(33-36-19-10-11-24-40(36)46)41-31-32-48-53-52-47(29-16-30-49(52)56-54(41)53)55(48,38-20-6-2-7-21-38)39-22-8-3-9-23-39/h1-34H. The van der Waals surface area contributed by atoms with Gasteiger partial charge < -0.3 is 4.42 Å². The fourth-order valence-corrected chi connectivity index (χ4v) is 10.1. The van der Waals surface area contributed by atoms with Gasteiger partial charge in [-0.25, -0.2) is 0 Å². The fraction of sp³-hybridized carbons (Fsp3) is 0.0182. The van der Waals surface area contributed by atoms with Crippen LogP contribution in [0.15, 0.2) is 211 Å². The lowest BCUT2D eigenvalue weighted by atomic mass is 9.67. The zero-order valence-corrected chi connectivity index (χ0v) is 30.5. The second-order valence-corrected chi connectivity index (χ2v) is 15.1. The third kappa shape index (κ3) is 4.20. The number of rotatable bonds is 5. The summed E-state index contributed by atoms with van der Waals surface area (Å²) in [6.07, 6.45) is 0. The zero-order chi connectivity index (χ0) is 36.8. The Morgan fingerprint density at radius 2 is 0.875 bits per heavy atom. The maximum atomic E-state index is 6.99. The minimum Gasteiger partial charge on any atom is -0.455 e. The first-order chi connectivity index (χ1) is 27.8. The molecule has 0 amide bonds. The molecule has 0 saturated carbocycles. The number of furan rings is 1. The van der Waals surface area contributed by atoms with Gasteiger partial charge in [0.25, 0.3) is 0 Å². The van der Waals surface area contributed by atoms with Gasteiger partial charge in [-0.05, 0) is 101 Å². The van der Waals surface area contributed by atoms with Crippen LogP contribution in [0, 0.1) is 0 Å².